The van der Waals surface area contributed by atoms with E-state index in [1.54, 1.807) is 22.8 Å². The lowest BCUT2D eigenvalue weighted by Gasteiger charge is -2.16. The van der Waals surface area contributed by atoms with Gasteiger partial charge in [-0.15, -0.1) is 0 Å². The molecule has 212 valence electrons. The van der Waals surface area contributed by atoms with Gasteiger partial charge in [0.15, 0.2) is 11.5 Å². The number of halogens is 2. The molecule has 4 N–H and O–H groups in total. The SMILES string of the molecule is C=CC(=O)Nc1cn(CC(O)CO)nc1Nc1cc2c(cn1)cc(-c1c(Cl)c(OC)cc(OC)c1Cl)c1ncnn12. The van der Waals surface area contributed by atoms with Gasteiger partial charge >= 0.3 is 0 Å². The van der Waals surface area contributed by atoms with Crippen molar-refractivity contribution in [3.63, 3.8) is 0 Å². The second-order valence-electron chi connectivity index (χ2n) is 8.73. The van der Waals surface area contributed by atoms with Crippen LogP contribution < -0.4 is 20.1 Å². The predicted molar refractivity (Wildman–Crippen MR) is 154 cm³/mol. The van der Waals surface area contributed by atoms with Gasteiger partial charge in [0.1, 0.15) is 29.3 Å². The quantitative estimate of drug-likeness (QED) is 0.174. The molecule has 1 unspecified atom stereocenters. The fraction of sp³-hybridized carbons (Fsp3) is 0.192. The number of fused-ring (bicyclic) bond motifs is 3. The van der Waals surface area contributed by atoms with Crippen LogP contribution in [-0.2, 0) is 11.3 Å². The van der Waals surface area contributed by atoms with Crippen molar-refractivity contribution in [2.75, 3.05) is 31.5 Å². The third kappa shape index (κ3) is 5.35. The zero-order valence-corrected chi connectivity index (χ0v) is 23.3. The number of amides is 1. The number of carbonyl (C=O) groups is 1. The van der Waals surface area contributed by atoms with Gasteiger partial charge in [-0.1, -0.05) is 29.8 Å². The van der Waals surface area contributed by atoms with Gasteiger partial charge in [-0.2, -0.15) is 10.2 Å². The molecule has 0 aliphatic carbocycles. The second kappa shape index (κ2) is 11.6. The summed E-state index contributed by atoms with van der Waals surface area (Å²) in [5.41, 5.74) is 2.48. The average molecular weight is 599 g/mol. The van der Waals surface area contributed by atoms with Gasteiger partial charge in [0, 0.05) is 34.8 Å². The smallest absolute Gasteiger partial charge is 0.247 e. The highest BCUT2D eigenvalue weighted by atomic mass is 35.5. The highest BCUT2D eigenvalue weighted by Crippen LogP contribution is 2.47. The van der Waals surface area contributed by atoms with Crippen LogP contribution in [0.25, 0.3) is 27.7 Å². The monoisotopic (exact) mass is 598 g/mol. The summed E-state index contributed by atoms with van der Waals surface area (Å²) in [6, 6.07) is 5.17. The number of aromatic nitrogens is 6. The molecule has 1 amide bonds. The van der Waals surface area contributed by atoms with Crippen molar-refractivity contribution in [1.82, 2.24) is 29.4 Å². The summed E-state index contributed by atoms with van der Waals surface area (Å²) >= 11 is 13.4. The van der Waals surface area contributed by atoms with Crippen molar-refractivity contribution in [1.29, 1.82) is 0 Å². The van der Waals surface area contributed by atoms with Crippen molar-refractivity contribution < 1.29 is 24.5 Å². The van der Waals surface area contributed by atoms with E-state index < -0.39 is 18.6 Å². The number of anilines is 3. The lowest BCUT2D eigenvalue weighted by atomic mass is 10.0. The first-order valence-corrected chi connectivity index (χ1v) is 12.8. The number of hydrogen-bond acceptors (Lipinski definition) is 10. The minimum absolute atomic E-state index is 0.00280. The number of benzene rings is 1. The molecule has 0 fully saturated rings. The van der Waals surface area contributed by atoms with Gasteiger partial charge in [-0.3, -0.25) is 9.48 Å². The molecule has 4 heterocycles. The van der Waals surface area contributed by atoms with Crippen LogP contribution in [-0.4, -0.2) is 72.4 Å². The molecule has 0 aliphatic rings. The summed E-state index contributed by atoms with van der Waals surface area (Å²) in [6.45, 7) is 3.02. The first kappa shape index (κ1) is 28.1. The zero-order valence-electron chi connectivity index (χ0n) is 21.8. The van der Waals surface area contributed by atoms with E-state index in [1.165, 1.54) is 31.4 Å². The summed E-state index contributed by atoms with van der Waals surface area (Å²) in [4.78, 5) is 20.9. The first-order chi connectivity index (χ1) is 19.8. The number of aliphatic hydroxyl groups is 2. The Morgan fingerprint density at radius 2 is 1.90 bits per heavy atom. The number of aliphatic hydroxyl groups excluding tert-OH is 2. The number of pyridine rings is 2. The Morgan fingerprint density at radius 1 is 1.17 bits per heavy atom. The molecule has 0 saturated heterocycles. The first-order valence-electron chi connectivity index (χ1n) is 12.1. The van der Waals surface area contributed by atoms with Crippen molar-refractivity contribution >= 4 is 63.0 Å². The fourth-order valence-corrected chi connectivity index (χ4v) is 4.93. The number of carbonyl (C=O) groups excluding carboxylic acids is 1. The van der Waals surface area contributed by atoms with E-state index in [0.717, 1.165) is 6.08 Å². The summed E-state index contributed by atoms with van der Waals surface area (Å²) in [5, 5.41) is 34.8. The third-order valence-electron chi connectivity index (χ3n) is 6.13. The van der Waals surface area contributed by atoms with E-state index in [2.05, 4.69) is 37.4 Å². The Labute approximate surface area is 242 Å². The molecular weight excluding hydrogens is 575 g/mol. The lowest BCUT2D eigenvalue weighted by Crippen LogP contribution is -2.20. The van der Waals surface area contributed by atoms with E-state index in [9.17, 15) is 15.0 Å². The maximum absolute atomic E-state index is 12.0. The van der Waals surface area contributed by atoms with Crippen LogP contribution in [0.15, 0.2) is 49.6 Å². The van der Waals surface area contributed by atoms with Gasteiger partial charge in [0.25, 0.3) is 0 Å². The predicted octanol–water partition coefficient (Wildman–Crippen LogP) is 3.69. The van der Waals surface area contributed by atoms with E-state index in [4.69, 9.17) is 32.7 Å². The number of methoxy groups -OCH3 is 2. The van der Waals surface area contributed by atoms with E-state index in [0.29, 0.717) is 50.7 Å². The zero-order chi connectivity index (χ0) is 29.3. The van der Waals surface area contributed by atoms with Gasteiger partial charge < -0.3 is 30.3 Å². The van der Waals surface area contributed by atoms with Gasteiger partial charge in [0.05, 0.1) is 55.2 Å². The number of hydrogen-bond donors (Lipinski definition) is 4. The maximum Gasteiger partial charge on any atom is 0.247 e. The molecule has 1 aromatic carbocycles. The molecule has 0 saturated carbocycles. The molecule has 41 heavy (non-hydrogen) atoms. The Balaban J connectivity index is 1.60. The van der Waals surface area contributed by atoms with Crippen LogP contribution in [0.4, 0.5) is 17.3 Å². The number of rotatable bonds is 10. The summed E-state index contributed by atoms with van der Waals surface area (Å²) in [7, 11) is 2.99. The minimum Gasteiger partial charge on any atom is -0.495 e. The van der Waals surface area contributed by atoms with Crippen LogP contribution >= 0.6 is 23.2 Å². The van der Waals surface area contributed by atoms with Gasteiger partial charge in [-0.05, 0) is 12.1 Å². The lowest BCUT2D eigenvalue weighted by molar-refractivity contribution is -0.111. The average Bonchev–Trinajstić information content (AvgIpc) is 3.61. The Hall–Kier alpha value is -4.43. The van der Waals surface area contributed by atoms with Crippen LogP contribution in [0.5, 0.6) is 11.5 Å². The van der Waals surface area contributed by atoms with E-state index >= 15 is 0 Å². The third-order valence-corrected chi connectivity index (χ3v) is 6.88. The Kier molecular flexibility index (Phi) is 7.94. The molecule has 0 radical (unpaired) electrons. The van der Waals surface area contributed by atoms with Crippen LogP contribution in [0.2, 0.25) is 10.0 Å². The van der Waals surface area contributed by atoms with E-state index in [-0.39, 0.29) is 22.4 Å². The van der Waals surface area contributed by atoms with Crippen LogP contribution in [0.3, 0.4) is 0 Å². The highest BCUT2D eigenvalue weighted by Gasteiger charge is 2.23. The van der Waals surface area contributed by atoms with Crippen LogP contribution in [0.1, 0.15) is 0 Å². The fourth-order valence-electron chi connectivity index (χ4n) is 4.22. The standard InChI is InChI=1S/C26H24Cl2N8O5/c1-4-21(39)32-16-10-35(9-14(38)11-37)34-25(16)33-20-6-17-13(8-29-20)5-15(26-30-12-31-36(17)26)22-23(27)18(40-2)7-19(41-3)24(22)28/h4-8,10,12,14,37-38H,1,9,11H2,2-3H3,(H,32,39)(H,29,33,34). The topological polar surface area (TPSA) is 161 Å². The van der Waals surface area contributed by atoms with E-state index in [1.807, 2.05) is 6.07 Å². The number of nitrogens with one attached hydrogen (secondary N) is 2. The Bertz CT molecular complexity index is 1760. The largest absolute Gasteiger partial charge is 0.495 e. The highest BCUT2D eigenvalue weighted by molar-refractivity contribution is 6.41. The number of nitrogens with zero attached hydrogens (tertiary/aromatic N) is 6. The molecular formula is C26H24Cl2N8O5. The Morgan fingerprint density at radius 3 is 2.56 bits per heavy atom. The minimum atomic E-state index is -1.04. The van der Waals surface area contributed by atoms with Gasteiger partial charge in [0.2, 0.25) is 5.91 Å². The summed E-state index contributed by atoms with van der Waals surface area (Å²) in [5.74, 6) is 0.936. The maximum atomic E-state index is 12.0. The number of ether oxygens (including phenoxy) is 2. The molecule has 5 aromatic rings. The molecule has 4 aromatic heterocycles. The molecule has 13 nitrogen and oxygen atoms in total. The molecule has 0 aliphatic heterocycles. The molecule has 5 rings (SSSR count). The molecule has 0 bridgehead atoms. The molecule has 15 heteroatoms. The second-order valence-corrected chi connectivity index (χ2v) is 9.49. The summed E-state index contributed by atoms with van der Waals surface area (Å²) in [6.07, 6.45) is 4.62. The summed E-state index contributed by atoms with van der Waals surface area (Å²) < 4.78 is 13.9. The van der Waals surface area contributed by atoms with Gasteiger partial charge in [-0.25, -0.2) is 14.5 Å². The van der Waals surface area contributed by atoms with Crippen molar-refractivity contribution in [2.24, 2.45) is 0 Å². The van der Waals surface area contributed by atoms with Crippen molar-refractivity contribution in [2.45, 2.75) is 12.6 Å². The normalized spacial score (nSPS) is 12.0. The van der Waals surface area contributed by atoms with Crippen molar-refractivity contribution in [3.8, 4) is 22.6 Å². The van der Waals surface area contributed by atoms with Crippen LogP contribution in [0, 0.1) is 0 Å². The van der Waals surface area contributed by atoms with Crippen molar-refractivity contribution in [3.05, 3.63) is 59.6 Å². The molecule has 1 atom stereocenters. The molecule has 0 spiro atoms.